The molecule has 2 N–H and O–H groups in total. The Hall–Kier alpha value is -0.900. The number of rotatable bonds is 2. The monoisotopic (exact) mass is 486 g/mol. The minimum absolute atomic E-state index is 0.00496. The van der Waals surface area contributed by atoms with Crippen molar-refractivity contribution < 1.29 is 19.8 Å². The highest BCUT2D eigenvalue weighted by molar-refractivity contribution is 5.85. The van der Waals surface area contributed by atoms with E-state index in [2.05, 4.69) is 48.5 Å². The Morgan fingerprint density at radius 1 is 0.886 bits per heavy atom. The highest BCUT2D eigenvalue weighted by Gasteiger charge is 2.72. The van der Waals surface area contributed by atoms with Crippen LogP contribution in [0.5, 0.6) is 0 Å². The molecule has 0 aromatic heterocycles. The molecule has 0 aliphatic heterocycles. The molecule has 4 heteroatoms. The number of aliphatic carboxylic acids is 1. The number of carboxylic acids is 1. The normalized spacial score (nSPS) is 52.5. The molecule has 0 spiro atoms. The van der Waals surface area contributed by atoms with Crippen LogP contribution in [-0.2, 0) is 9.59 Å². The van der Waals surface area contributed by atoms with Crippen LogP contribution in [0.15, 0.2) is 0 Å². The summed E-state index contributed by atoms with van der Waals surface area (Å²) in [5, 5.41) is 22.0. The van der Waals surface area contributed by atoms with Crippen LogP contribution in [0.1, 0.15) is 119 Å². The third kappa shape index (κ3) is 3.33. The van der Waals surface area contributed by atoms with Gasteiger partial charge in [-0.05, 0) is 109 Å². The number of aliphatic hydroxyl groups is 1. The van der Waals surface area contributed by atoms with E-state index in [4.69, 9.17) is 0 Å². The van der Waals surface area contributed by atoms with Crippen molar-refractivity contribution in [1.29, 1.82) is 0 Å². The second-order valence-corrected chi connectivity index (χ2v) is 15.9. The predicted octanol–water partition coefficient (Wildman–Crippen LogP) is 6.88. The number of hydrogen-bond acceptors (Lipinski definition) is 3. The number of ketones is 1. The van der Waals surface area contributed by atoms with Crippen LogP contribution in [0.3, 0.4) is 0 Å². The van der Waals surface area contributed by atoms with Crippen LogP contribution in [-0.4, -0.2) is 28.1 Å². The van der Waals surface area contributed by atoms with Crippen molar-refractivity contribution in [3.8, 4) is 0 Å². The molecule has 0 heterocycles. The van der Waals surface area contributed by atoms with Gasteiger partial charge in [-0.2, -0.15) is 0 Å². The van der Waals surface area contributed by atoms with E-state index < -0.39 is 5.97 Å². The van der Waals surface area contributed by atoms with Crippen molar-refractivity contribution in [3.63, 3.8) is 0 Å². The number of hydrogen-bond donors (Lipinski definition) is 2. The summed E-state index contributed by atoms with van der Waals surface area (Å²) in [6.07, 6.45) is 9.60. The largest absolute Gasteiger partial charge is 0.481 e. The van der Waals surface area contributed by atoms with E-state index in [1.165, 1.54) is 0 Å². The quantitative estimate of drug-likeness (QED) is 0.446. The predicted molar refractivity (Wildman–Crippen MR) is 138 cm³/mol. The summed E-state index contributed by atoms with van der Waals surface area (Å²) in [5.41, 5.74) is -0.0884. The molecule has 5 rings (SSSR count). The van der Waals surface area contributed by atoms with Crippen LogP contribution in [0, 0.1) is 56.2 Å². The molecular formula is C31H50O4. The number of Topliss-reactive ketones (excluding diaryl/α,β-unsaturated/α-hetero) is 1. The van der Waals surface area contributed by atoms with Crippen molar-refractivity contribution in [2.45, 2.75) is 125 Å². The SMILES string of the molecule is CC1(C)CC[C@]2(CC(=O)O)CC[C@]3(C)[C@H]([C@H](O)C[C@@H]4[C@@]5(C)CCC(=O)C(C)(C)[C@@H]5CC[C@]43C)[C@@H]2C1. The van der Waals surface area contributed by atoms with Crippen LogP contribution >= 0.6 is 0 Å². The number of fused-ring (bicyclic) bond motifs is 7. The fourth-order valence-electron chi connectivity index (χ4n) is 11.5. The van der Waals surface area contributed by atoms with Gasteiger partial charge in [-0.3, -0.25) is 9.59 Å². The van der Waals surface area contributed by atoms with E-state index in [1.54, 1.807) is 0 Å². The van der Waals surface area contributed by atoms with Crippen LogP contribution in [0.4, 0.5) is 0 Å². The van der Waals surface area contributed by atoms with Gasteiger partial charge in [0.1, 0.15) is 5.78 Å². The maximum absolute atomic E-state index is 13.0. The lowest BCUT2D eigenvalue weighted by atomic mass is 9.31. The van der Waals surface area contributed by atoms with Gasteiger partial charge in [0.25, 0.3) is 0 Å². The molecule has 5 aliphatic rings. The van der Waals surface area contributed by atoms with Gasteiger partial charge in [0.15, 0.2) is 0 Å². The molecule has 9 atom stereocenters. The second-order valence-electron chi connectivity index (χ2n) is 15.9. The molecule has 0 aromatic carbocycles. The van der Waals surface area contributed by atoms with Crippen LogP contribution in [0.2, 0.25) is 0 Å². The fraction of sp³-hybridized carbons (Fsp3) is 0.935. The molecule has 0 bridgehead atoms. The highest BCUT2D eigenvalue weighted by atomic mass is 16.4. The van der Waals surface area contributed by atoms with E-state index in [9.17, 15) is 19.8 Å². The molecule has 5 aliphatic carbocycles. The van der Waals surface area contributed by atoms with Crippen LogP contribution < -0.4 is 0 Å². The lowest BCUT2D eigenvalue weighted by Crippen LogP contribution is -2.69. The minimum Gasteiger partial charge on any atom is -0.481 e. The lowest BCUT2D eigenvalue weighted by molar-refractivity contribution is -0.270. The smallest absolute Gasteiger partial charge is 0.303 e. The summed E-state index contributed by atoms with van der Waals surface area (Å²) in [6, 6.07) is 0. The topological polar surface area (TPSA) is 74.6 Å². The first-order valence-corrected chi connectivity index (χ1v) is 14.5. The molecule has 4 nitrogen and oxygen atoms in total. The van der Waals surface area contributed by atoms with E-state index in [0.717, 1.165) is 57.8 Å². The Labute approximate surface area is 213 Å². The molecule has 0 amide bonds. The second kappa shape index (κ2) is 7.58. The molecule has 198 valence electrons. The van der Waals surface area contributed by atoms with Crippen LogP contribution in [0.25, 0.3) is 0 Å². The Kier molecular flexibility index (Phi) is 5.57. The zero-order valence-electron chi connectivity index (χ0n) is 23.4. The van der Waals surface area contributed by atoms with Gasteiger partial charge in [0.2, 0.25) is 0 Å². The van der Waals surface area contributed by atoms with E-state index >= 15 is 0 Å². The molecular weight excluding hydrogens is 436 g/mol. The average Bonchev–Trinajstić information content (AvgIpc) is 2.73. The van der Waals surface area contributed by atoms with E-state index in [0.29, 0.717) is 24.0 Å². The number of carboxylic acid groups (broad SMARTS) is 1. The molecule has 0 saturated heterocycles. The van der Waals surface area contributed by atoms with Gasteiger partial charge >= 0.3 is 5.97 Å². The summed E-state index contributed by atoms with van der Waals surface area (Å²) < 4.78 is 0. The lowest BCUT2D eigenvalue weighted by Gasteiger charge is -2.74. The maximum atomic E-state index is 13.0. The summed E-state index contributed by atoms with van der Waals surface area (Å²) in [5.74, 6) is 0.962. The summed E-state index contributed by atoms with van der Waals surface area (Å²) >= 11 is 0. The first kappa shape index (κ1) is 25.7. The van der Waals surface area contributed by atoms with Gasteiger partial charge in [0, 0.05) is 11.8 Å². The molecule has 35 heavy (non-hydrogen) atoms. The molecule has 0 aromatic rings. The Morgan fingerprint density at radius 2 is 1.54 bits per heavy atom. The number of carbonyl (C=O) groups excluding carboxylic acids is 1. The minimum atomic E-state index is -0.671. The maximum Gasteiger partial charge on any atom is 0.303 e. The van der Waals surface area contributed by atoms with Crippen molar-refractivity contribution in [1.82, 2.24) is 0 Å². The highest BCUT2D eigenvalue weighted by Crippen LogP contribution is 2.77. The standard InChI is InChI=1S/C31H50O4/c1-26(2)12-14-31(18-24(34)35)15-13-30(7)25(19(31)17-26)20(32)16-22-28(5)10-9-23(33)27(3,4)21(28)8-11-29(22,30)6/h19-22,25,32H,8-18H2,1-7H3,(H,34,35)/t19-,20+,21-,22+,25-,28-,29+,30+,31+/m0/s1. The van der Waals surface area contributed by atoms with Gasteiger partial charge < -0.3 is 10.2 Å². The molecule has 0 unspecified atom stereocenters. The number of carbonyl (C=O) groups is 2. The summed E-state index contributed by atoms with van der Waals surface area (Å²) in [4.78, 5) is 25.0. The third-order valence-corrected chi connectivity index (χ3v) is 13.7. The van der Waals surface area contributed by atoms with Crippen molar-refractivity contribution >= 4 is 11.8 Å². The third-order valence-electron chi connectivity index (χ3n) is 13.7. The molecule has 0 radical (unpaired) electrons. The zero-order valence-corrected chi connectivity index (χ0v) is 23.4. The Bertz CT molecular complexity index is 921. The average molecular weight is 487 g/mol. The first-order valence-electron chi connectivity index (χ1n) is 14.5. The Balaban J connectivity index is 1.58. The van der Waals surface area contributed by atoms with E-state index in [-0.39, 0.29) is 56.9 Å². The zero-order chi connectivity index (χ0) is 25.8. The van der Waals surface area contributed by atoms with E-state index in [1.807, 2.05) is 0 Å². The fourth-order valence-corrected chi connectivity index (χ4v) is 11.5. The summed E-state index contributed by atoms with van der Waals surface area (Å²) in [6.45, 7) is 16.5. The van der Waals surface area contributed by atoms with Crippen molar-refractivity contribution in [3.05, 3.63) is 0 Å². The molecule has 5 saturated carbocycles. The van der Waals surface area contributed by atoms with Crippen molar-refractivity contribution in [2.75, 3.05) is 0 Å². The van der Waals surface area contributed by atoms with Gasteiger partial charge in [0.05, 0.1) is 12.5 Å². The molecule has 5 fully saturated rings. The number of aliphatic hydroxyl groups excluding tert-OH is 1. The van der Waals surface area contributed by atoms with Gasteiger partial charge in [-0.25, -0.2) is 0 Å². The van der Waals surface area contributed by atoms with Gasteiger partial charge in [-0.1, -0.05) is 48.5 Å². The Morgan fingerprint density at radius 3 is 2.20 bits per heavy atom. The first-order chi connectivity index (χ1) is 16.0. The van der Waals surface area contributed by atoms with Gasteiger partial charge in [-0.15, -0.1) is 0 Å². The summed E-state index contributed by atoms with van der Waals surface area (Å²) in [7, 11) is 0. The van der Waals surface area contributed by atoms with Crippen molar-refractivity contribution in [2.24, 2.45) is 56.2 Å².